The van der Waals surface area contributed by atoms with Crippen LogP contribution in [0.15, 0.2) is 11.4 Å². The minimum absolute atomic E-state index is 0.0372. The lowest BCUT2D eigenvalue weighted by Crippen LogP contribution is -2.34. The summed E-state index contributed by atoms with van der Waals surface area (Å²) in [5.41, 5.74) is 0.0586. The topological polar surface area (TPSA) is 98.7 Å². The van der Waals surface area contributed by atoms with Gasteiger partial charge < -0.3 is 15.3 Å². The average Bonchev–Trinajstić information content (AvgIpc) is 3.09. The van der Waals surface area contributed by atoms with Crippen molar-refractivity contribution in [2.45, 2.75) is 19.3 Å². The predicted molar refractivity (Wildman–Crippen MR) is 78.7 cm³/mol. The second-order valence-corrected chi connectivity index (χ2v) is 5.60. The number of nitrogens with zero attached hydrogens (tertiary/aromatic N) is 1. The van der Waals surface area contributed by atoms with Crippen LogP contribution in [-0.4, -0.2) is 47.5 Å². The van der Waals surface area contributed by atoms with Crippen LogP contribution in [0.4, 0.5) is 9.80 Å². The summed E-state index contributed by atoms with van der Waals surface area (Å²) in [4.78, 5) is 36.1. The summed E-state index contributed by atoms with van der Waals surface area (Å²) in [7, 11) is 0. The van der Waals surface area contributed by atoms with E-state index >= 15 is 0 Å². The molecule has 1 saturated heterocycles. The van der Waals surface area contributed by atoms with Crippen LogP contribution in [0.2, 0.25) is 0 Å². The molecule has 0 saturated carbocycles. The Hall–Kier alpha value is -2.09. The van der Waals surface area contributed by atoms with Crippen molar-refractivity contribution in [1.29, 1.82) is 0 Å². The maximum Gasteiger partial charge on any atom is 0.338 e. The molecule has 3 N–H and O–H groups in total. The van der Waals surface area contributed by atoms with Crippen LogP contribution in [0.5, 0.6) is 0 Å². The van der Waals surface area contributed by atoms with Crippen molar-refractivity contribution < 1.29 is 19.5 Å². The molecule has 0 radical (unpaired) electrons. The number of aromatic carboxylic acids is 1. The molecule has 0 atom stereocenters. The van der Waals surface area contributed by atoms with Crippen molar-refractivity contribution in [2.75, 3.05) is 25.0 Å². The first-order chi connectivity index (χ1) is 10.1. The molecule has 1 aromatic rings. The third-order valence-corrected chi connectivity index (χ3v) is 4.04. The van der Waals surface area contributed by atoms with Crippen molar-refractivity contribution >= 4 is 34.2 Å². The van der Waals surface area contributed by atoms with Crippen molar-refractivity contribution in [3.05, 3.63) is 17.0 Å². The van der Waals surface area contributed by atoms with Gasteiger partial charge in [0, 0.05) is 26.1 Å². The summed E-state index contributed by atoms with van der Waals surface area (Å²) in [6, 6.07) is 0.925. The maximum absolute atomic E-state index is 11.8. The van der Waals surface area contributed by atoms with E-state index in [-0.39, 0.29) is 29.4 Å². The van der Waals surface area contributed by atoms with Crippen LogP contribution < -0.4 is 10.6 Å². The molecule has 8 heteroatoms. The van der Waals surface area contributed by atoms with Gasteiger partial charge in [-0.3, -0.25) is 10.1 Å². The van der Waals surface area contributed by atoms with Gasteiger partial charge in [0.1, 0.15) is 5.00 Å². The number of likely N-dealkylation sites (tertiary alicyclic amines) is 1. The van der Waals surface area contributed by atoms with Gasteiger partial charge in [-0.15, -0.1) is 11.3 Å². The first-order valence-corrected chi connectivity index (χ1v) is 7.59. The van der Waals surface area contributed by atoms with E-state index < -0.39 is 12.0 Å². The molecule has 0 spiro atoms. The van der Waals surface area contributed by atoms with Gasteiger partial charge in [0.15, 0.2) is 0 Å². The summed E-state index contributed by atoms with van der Waals surface area (Å²) < 4.78 is 0. The number of urea groups is 1. The summed E-state index contributed by atoms with van der Waals surface area (Å²) in [6.07, 6.45) is 2.33. The molecule has 2 heterocycles. The largest absolute Gasteiger partial charge is 0.478 e. The molecule has 1 aliphatic heterocycles. The number of thiophene rings is 1. The number of rotatable bonds is 5. The van der Waals surface area contributed by atoms with Crippen LogP contribution in [-0.2, 0) is 4.79 Å². The molecule has 2 rings (SSSR count). The van der Waals surface area contributed by atoms with Crippen molar-refractivity contribution in [3.63, 3.8) is 0 Å². The highest BCUT2D eigenvalue weighted by Crippen LogP contribution is 2.22. The Bertz CT molecular complexity index is 537. The van der Waals surface area contributed by atoms with Crippen LogP contribution in [0.25, 0.3) is 0 Å². The molecule has 114 valence electrons. The van der Waals surface area contributed by atoms with Gasteiger partial charge in [-0.1, -0.05) is 0 Å². The van der Waals surface area contributed by atoms with Crippen molar-refractivity contribution in [3.8, 4) is 0 Å². The standard InChI is InChI=1S/C13H17N3O4S/c17-10(16-6-1-2-7-16)3-5-14-13(20)15-11-9(12(18)19)4-8-21-11/h4,8H,1-3,5-7H2,(H,18,19)(H2,14,15,20). The molecule has 3 amide bonds. The van der Waals surface area contributed by atoms with Crippen LogP contribution in [0.1, 0.15) is 29.6 Å². The molecule has 1 fully saturated rings. The number of nitrogens with one attached hydrogen (secondary N) is 2. The number of hydrogen-bond donors (Lipinski definition) is 3. The SMILES string of the molecule is O=C(NCCC(=O)N1CCCC1)Nc1sccc1C(=O)O. The zero-order chi connectivity index (χ0) is 15.2. The number of carboxylic acids is 1. The monoisotopic (exact) mass is 311 g/mol. The minimum atomic E-state index is -1.09. The van der Waals surface area contributed by atoms with Crippen LogP contribution >= 0.6 is 11.3 Å². The highest BCUT2D eigenvalue weighted by atomic mass is 32.1. The van der Waals surface area contributed by atoms with E-state index in [4.69, 9.17) is 5.11 Å². The highest BCUT2D eigenvalue weighted by molar-refractivity contribution is 7.14. The number of amides is 3. The van der Waals surface area contributed by atoms with E-state index in [0.29, 0.717) is 0 Å². The Morgan fingerprint density at radius 3 is 2.67 bits per heavy atom. The fourth-order valence-corrected chi connectivity index (χ4v) is 2.90. The van der Waals surface area contributed by atoms with Gasteiger partial charge in [-0.2, -0.15) is 0 Å². The van der Waals surface area contributed by atoms with Gasteiger partial charge in [0.2, 0.25) is 5.91 Å². The third kappa shape index (κ3) is 4.19. The molecular weight excluding hydrogens is 294 g/mol. The van der Waals surface area contributed by atoms with Crippen LogP contribution in [0, 0.1) is 0 Å². The molecule has 0 aromatic carbocycles. The van der Waals surface area contributed by atoms with Gasteiger partial charge in [0.05, 0.1) is 5.56 Å². The molecular formula is C13H17N3O4S. The molecule has 0 unspecified atom stereocenters. The van der Waals surface area contributed by atoms with Crippen molar-refractivity contribution in [1.82, 2.24) is 10.2 Å². The third-order valence-electron chi connectivity index (χ3n) is 3.21. The summed E-state index contributed by atoms with van der Waals surface area (Å²) in [5, 5.41) is 15.8. The Kier molecular flexibility index (Phi) is 5.15. The summed E-state index contributed by atoms with van der Waals surface area (Å²) in [5.74, 6) is -1.05. The number of carbonyl (C=O) groups is 3. The molecule has 0 aliphatic carbocycles. The smallest absolute Gasteiger partial charge is 0.338 e. The second-order valence-electron chi connectivity index (χ2n) is 4.69. The fourth-order valence-electron chi connectivity index (χ4n) is 2.13. The lowest BCUT2D eigenvalue weighted by Gasteiger charge is -2.15. The molecule has 21 heavy (non-hydrogen) atoms. The quantitative estimate of drug-likeness (QED) is 0.769. The predicted octanol–water partition coefficient (Wildman–Crippen LogP) is 1.58. The molecule has 1 aliphatic rings. The van der Waals surface area contributed by atoms with E-state index in [9.17, 15) is 14.4 Å². The van der Waals surface area contributed by atoms with E-state index in [0.717, 1.165) is 37.3 Å². The Labute approximate surface area is 125 Å². The normalized spacial score (nSPS) is 14.0. The summed E-state index contributed by atoms with van der Waals surface area (Å²) >= 11 is 1.14. The van der Waals surface area contributed by atoms with Gasteiger partial charge >= 0.3 is 12.0 Å². The van der Waals surface area contributed by atoms with Gasteiger partial charge in [-0.25, -0.2) is 9.59 Å². The number of anilines is 1. The molecule has 1 aromatic heterocycles. The van der Waals surface area contributed by atoms with Crippen molar-refractivity contribution in [2.24, 2.45) is 0 Å². The lowest BCUT2D eigenvalue weighted by molar-refractivity contribution is -0.129. The average molecular weight is 311 g/mol. The first kappa shape index (κ1) is 15.3. The Balaban J connectivity index is 1.73. The fraction of sp³-hybridized carbons (Fsp3) is 0.462. The maximum atomic E-state index is 11.8. The minimum Gasteiger partial charge on any atom is -0.478 e. The molecule has 0 bridgehead atoms. The highest BCUT2D eigenvalue weighted by Gasteiger charge is 2.18. The van der Waals surface area contributed by atoms with Crippen LogP contribution in [0.3, 0.4) is 0 Å². The van der Waals surface area contributed by atoms with E-state index in [1.54, 1.807) is 10.3 Å². The van der Waals surface area contributed by atoms with Gasteiger partial charge in [-0.05, 0) is 24.3 Å². The Morgan fingerprint density at radius 1 is 1.29 bits per heavy atom. The van der Waals surface area contributed by atoms with E-state index in [2.05, 4.69) is 10.6 Å². The number of carbonyl (C=O) groups excluding carboxylic acids is 2. The zero-order valence-corrected chi connectivity index (χ0v) is 12.2. The molecule has 7 nitrogen and oxygen atoms in total. The van der Waals surface area contributed by atoms with E-state index in [1.165, 1.54) is 6.07 Å². The second kappa shape index (κ2) is 7.07. The first-order valence-electron chi connectivity index (χ1n) is 6.71. The summed E-state index contributed by atoms with van der Waals surface area (Å²) in [6.45, 7) is 1.82. The lowest BCUT2D eigenvalue weighted by atomic mass is 10.3. The van der Waals surface area contributed by atoms with E-state index in [1.807, 2.05) is 0 Å². The number of carboxylic acid groups (broad SMARTS) is 1. The zero-order valence-electron chi connectivity index (χ0n) is 11.4. The van der Waals surface area contributed by atoms with Gasteiger partial charge in [0.25, 0.3) is 0 Å². The Morgan fingerprint density at radius 2 is 2.00 bits per heavy atom. The number of hydrogen-bond acceptors (Lipinski definition) is 4.